The lowest BCUT2D eigenvalue weighted by Gasteiger charge is -2.20. The van der Waals surface area contributed by atoms with E-state index in [1.54, 1.807) is 0 Å². The topological polar surface area (TPSA) is 24.9 Å². The summed E-state index contributed by atoms with van der Waals surface area (Å²) in [6.07, 6.45) is 9.97. The van der Waals surface area contributed by atoms with Crippen molar-refractivity contribution in [3.63, 3.8) is 0 Å². The Morgan fingerprint density at radius 2 is 2.22 bits per heavy atom. The Morgan fingerprint density at radius 1 is 1.39 bits per heavy atom. The van der Waals surface area contributed by atoms with Crippen molar-refractivity contribution in [1.82, 2.24) is 10.3 Å². The SMILES string of the molecule is CCc1cnc(C(C)NC2CCCC(C)CC2)s1. The van der Waals surface area contributed by atoms with Crippen LogP contribution in [0, 0.1) is 5.92 Å². The average Bonchev–Trinajstić information content (AvgIpc) is 2.76. The Labute approximate surface area is 115 Å². The fourth-order valence-corrected chi connectivity index (χ4v) is 3.63. The lowest BCUT2D eigenvalue weighted by atomic mass is 10.0. The number of aryl methyl sites for hydroxylation is 1. The number of aromatic nitrogens is 1. The highest BCUT2D eigenvalue weighted by Gasteiger charge is 2.19. The predicted octanol–water partition coefficient (Wildman–Crippen LogP) is 4.32. The van der Waals surface area contributed by atoms with Gasteiger partial charge in [0.2, 0.25) is 0 Å². The maximum Gasteiger partial charge on any atom is 0.109 e. The molecule has 0 aromatic carbocycles. The van der Waals surface area contributed by atoms with E-state index in [0.29, 0.717) is 12.1 Å². The minimum Gasteiger partial charge on any atom is -0.305 e. The Morgan fingerprint density at radius 3 is 2.94 bits per heavy atom. The lowest BCUT2D eigenvalue weighted by molar-refractivity contribution is 0.407. The highest BCUT2D eigenvalue weighted by atomic mass is 32.1. The van der Waals surface area contributed by atoms with Crippen LogP contribution in [0.1, 0.15) is 68.8 Å². The second kappa shape index (κ2) is 6.67. The molecule has 0 radical (unpaired) electrons. The van der Waals surface area contributed by atoms with Crippen LogP contribution in [0.3, 0.4) is 0 Å². The normalized spacial score (nSPS) is 26.8. The van der Waals surface area contributed by atoms with Crippen molar-refractivity contribution in [1.29, 1.82) is 0 Å². The third-order valence-corrected chi connectivity index (χ3v) is 5.36. The molecule has 1 N–H and O–H groups in total. The molecule has 0 saturated heterocycles. The Bertz CT molecular complexity index is 361. The van der Waals surface area contributed by atoms with Crippen LogP contribution in [-0.2, 0) is 6.42 Å². The Balaban J connectivity index is 1.88. The second-order valence-corrected chi connectivity index (χ2v) is 6.86. The first-order chi connectivity index (χ1) is 8.69. The molecule has 0 amide bonds. The van der Waals surface area contributed by atoms with Gasteiger partial charge in [-0.15, -0.1) is 11.3 Å². The lowest BCUT2D eigenvalue weighted by Crippen LogP contribution is -2.31. The quantitative estimate of drug-likeness (QED) is 0.821. The molecule has 0 aliphatic heterocycles. The van der Waals surface area contributed by atoms with Gasteiger partial charge in [-0.3, -0.25) is 0 Å². The monoisotopic (exact) mass is 266 g/mol. The smallest absolute Gasteiger partial charge is 0.109 e. The molecule has 0 spiro atoms. The third kappa shape index (κ3) is 3.79. The second-order valence-electron chi connectivity index (χ2n) is 5.72. The molecule has 1 aliphatic rings. The molecule has 1 heterocycles. The number of hydrogen-bond acceptors (Lipinski definition) is 3. The van der Waals surface area contributed by atoms with Crippen LogP contribution in [0.2, 0.25) is 0 Å². The number of nitrogens with zero attached hydrogens (tertiary/aromatic N) is 1. The molecule has 3 atom stereocenters. The summed E-state index contributed by atoms with van der Waals surface area (Å²) in [4.78, 5) is 5.94. The van der Waals surface area contributed by atoms with Gasteiger partial charge in [-0.1, -0.05) is 26.7 Å². The van der Waals surface area contributed by atoms with E-state index in [4.69, 9.17) is 0 Å². The van der Waals surface area contributed by atoms with Crippen molar-refractivity contribution in [3.8, 4) is 0 Å². The molecule has 2 nitrogen and oxygen atoms in total. The first-order valence-electron chi connectivity index (χ1n) is 7.39. The van der Waals surface area contributed by atoms with Gasteiger partial charge in [-0.25, -0.2) is 4.98 Å². The van der Waals surface area contributed by atoms with Gasteiger partial charge in [-0.2, -0.15) is 0 Å². The zero-order valence-electron chi connectivity index (χ0n) is 11.9. The zero-order chi connectivity index (χ0) is 13.0. The van der Waals surface area contributed by atoms with Crippen molar-refractivity contribution >= 4 is 11.3 Å². The van der Waals surface area contributed by atoms with Gasteiger partial charge in [0.1, 0.15) is 5.01 Å². The summed E-state index contributed by atoms with van der Waals surface area (Å²) < 4.78 is 0. The van der Waals surface area contributed by atoms with Crippen molar-refractivity contribution in [2.24, 2.45) is 5.92 Å². The number of rotatable bonds is 4. The van der Waals surface area contributed by atoms with E-state index in [2.05, 4.69) is 31.1 Å². The summed E-state index contributed by atoms with van der Waals surface area (Å²) in [5.41, 5.74) is 0. The number of thiazole rings is 1. The fourth-order valence-electron chi connectivity index (χ4n) is 2.76. The molecule has 1 fully saturated rings. The summed E-state index contributed by atoms with van der Waals surface area (Å²) in [5, 5.41) is 5.03. The Hall–Kier alpha value is -0.410. The van der Waals surface area contributed by atoms with E-state index in [1.807, 2.05) is 17.5 Å². The summed E-state index contributed by atoms with van der Waals surface area (Å²) in [6.45, 7) is 6.84. The molecule has 3 unspecified atom stereocenters. The molecule has 1 aliphatic carbocycles. The van der Waals surface area contributed by atoms with Gasteiger partial charge in [0, 0.05) is 17.1 Å². The minimum absolute atomic E-state index is 0.411. The molecular weight excluding hydrogens is 240 g/mol. The van der Waals surface area contributed by atoms with Gasteiger partial charge < -0.3 is 5.32 Å². The van der Waals surface area contributed by atoms with Crippen molar-refractivity contribution < 1.29 is 0 Å². The number of hydrogen-bond donors (Lipinski definition) is 1. The van der Waals surface area contributed by atoms with Crippen molar-refractivity contribution in [3.05, 3.63) is 16.1 Å². The van der Waals surface area contributed by atoms with E-state index in [9.17, 15) is 0 Å². The summed E-state index contributed by atoms with van der Waals surface area (Å²) >= 11 is 1.86. The Kier molecular flexibility index (Phi) is 5.19. The molecule has 1 aromatic rings. The van der Waals surface area contributed by atoms with Gasteiger partial charge in [-0.05, 0) is 38.5 Å². The van der Waals surface area contributed by atoms with Crippen LogP contribution in [0.5, 0.6) is 0 Å². The standard InChI is InChI=1S/C15H26N2S/c1-4-14-10-16-15(18-14)12(3)17-13-7-5-6-11(2)8-9-13/h10-13,17H,4-9H2,1-3H3. The third-order valence-electron chi connectivity index (χ3n) is 4.03. The van der Waals surface area contributed by atoms with Crippen molar-refractivity contribution in [2.45, 2.75) is 71.4 Å². The van der Waals surface area contributed by atoms with Crippen LogP contribution in [-0.4, -0.2) is 11.0 Å². The molecule has 2 rings (SSSR count). The zero-order valence-corrected chi connectivity index (χ0v) is 12.7. The van der Waals surface area contributed by atoms with Crippen LogP contribution in [0.4, 0.5) is 0 Å². The van der Waals surface area contributed by atoms with Gasteiger partial charge >= 0.3 is 0 Å². The summed E-state index contributed by atoms with van der Waals surface area (Å²) in [7, 11) is 0. The number of nitrogens with one attached hydrogen (secondary N) is 1. The fraction of sp³-hybridized carbons (Fsp3) is 0.800. The first kappa shape index (κ1) is 14.0. The van der Waals surface area contributed by atoms with Crippen LogP contribution in [0.15, 0.2) is 6.20 Å². The van der Waals surface area contributed by atoms with E-state index >= 15 is 0 Å². The van der Waals surface area contributed by atoms with Gasteiger partial charge in [0.25, 0.3) is 0 Å². The highest BCUT2D eigenvalue weighted by Crippen LogP contribution is 2.26. The van der Waals surface area contributed by atoms with Crippen LogP contribution < -0.4 is 5.32 Å². The largest absolute Gasteiger partial charge is 0.305 e. The van der Waals surface area contributed by atoms with E-state index in [0.717, 1.165) is 12.3 Å². The molecule has 0 bridgehead atoms. The molecule has 3 heteroatoms. The molecule has 1 saturated carbocycles. The molecule has 1 aromatic heterocycles. The summed E-state index contributed by atoms with van der Waals surface area (Å²) in [5.74, 6) is 0.915. The molecular formula is C15H26N2S. The van der Waals surface area contributed by atoms with Crippen LogP contribution >= 0.6 is 11.3 Å². The average molecular weight is 266 g/mol. The van der Waals surface area contributed by atoms with E-state index < -0.39 is 0 Å². The molecule has 102 valence electrons. The molecule has 18 heavy (non-hydrogen) atoms. The first-order valence-corrected chi connectivity index (χ1v) is 8.21. The van der Waals surface area contributed by atoms with Crippen molar-refractivity contribution in [2.75, 3.05) is 0 Å². The van der Waals surface area contributed by atoms with E-state index in [1.165, 1.54) is 42.0 Å². The van der Waals surface area contributed by atoms with E-state index in [-0.39, 0.29) is 0 Å². The van der Waals surface area contributed by atoms with Crippen LogP contribution in [0.25, 0.3) is 0 Å². The summed E-state index contributed by atoms with van der Waals surface area (Å²) in [6, 6.07) is 1.10. The maximum atomic E-state index is 4.55. The maximum absolute atomic E-state index is 4.55. The minimum atomic E-state index is 0.411. The predicted molar refractivity (Wildman–Crippen MR) is 79.1 cm³/mol. The highest BCUT2D eigenvalue weighted by molar-refractivity contribution is 7.11. The van der Waals surface area contributed by atoms with Gasteiger partial charge in [0.15, 0.2) is 0 Å². The van der Waals surface area contributed by atoms with Gasteiger partial charge in [0.05, 0.1) is 6.04 Å².